The van der Waals surface area contributed by atoms with Crippen LogP contribution in [0.5, 0.6) is 11.5 Å². The summed E-state index contributed by atoms with van der Waals surface area (Å²) < 4.78 is 10.8. The molecule has 5 heteroatoms. The van der Waals surface area contributed by atoms with Crippen LogP contribution in [0, 0.1) is 13.8 Å². The third kappa shape index (κ3) is 5.72. The highest BCUT2D eigenvalue weighted by Gasteiger charge is 2.27. The van der Waals surface area contributed by atoms with Crippen LogP contribution in [0.2, 0.25) is 0 Å². The molecule has 1 aliphatic heterocycles. The molecular formula is C24H34N2O3. The first-order valence-corrected chi connectivity index (χ1v) is 10.4. The Morgan fingerprint density at radius 2 is 1.69 bits per heavy atom. The largest absolute Gasteiger partial charge is 0.497 e. The molecule has 1 fully saturated rings. The SMILES string of the molecule is COc1cc(CN2CCN(Cc3cc(C)ccc3C)C[C@H]2CCO)cc(OC)c1. The quantitative estimate of drug-likeness (QED) is 0.739. The monoisotopic (exact) mass is 398 g/mol. The van der Waals surface area contributed by atoms with Crippen molar-refractivity contribution in [2.75, 3.05) is 40.5 Å². The Bertz CT molecular complexity index is 786. The summed E-state index contributed by atoms with van der Waals surface area (Å²) in [5, 5.41) is 9.64. The minimum absolute atomic E-state index is 0.208. The summed E-state index contributed by atoms with van der Waals surface area (Å²) in [6, 6.07) is 13.1. The number of piperazine rings is 1. The number of methoxy groups -OCH3 is 2. The van der Waals surface area contributed by atoms with Gasteiger partial charge in [0.15, 0.2) is 0 Å². The van der Waals surface area contributed by atoms with Crippen molar-refractivity contribution in [1.82, 2.24) is 9.80 Å². The first-order valence-electron chi connectivity index (χ1n) is 10.4. The van der Waals surface area contributed by atoms with Crippen LogP contribution in [-0.4, -0.2) is 61.4 Å². The van der Waals surface area contributed by atoms with Gasteiger partial charge in [-0.1, -0.05) is 23.8 Å². The topological polar surface area (TPSA) is 45.2 Å². The van der Waals surface area contributed by atoms with Crippen LogP contribution in [-0.2, 0) is 13.1 Å². The second-order valence-corrected chi connectivity index (χ2v) is 8.02. The molecule has 2 aromatic carbocycles. The van der Waals surface area contributed by atoms with Crippen molar-refractivity contribution in [2.45, 2.75) is 39.4 Å². The van der Waals surface area contributed by atoms with Crippen molar-refractivity contribution in [3.8, 4) is 11.5 Å². The van der Waals surface area contributed by atoms with Crippen LogP contribution in [0.1, 0.15) is 28.7 Å². The second kappa shape index (κ2) is 10.1. The summed E-state index contributed by atoms with van der Waals surface area (Å²) in [6.07, 6.45) is 0.782. The van der Waals surface area contributed by atoms with E-state index in [2.05, 4.69) is 54.0 Å². The van der Waals surface area contributed by atoms with Crippen molar-refractivity contribution in [2.24, 2.45) is 0 Å². The van der Waals surface area contributed by atoms with Crippen LogP contribution >= 0.6 is 0 Å². The van der Waals surface area contributed by atoms with E-state index in [0.29, 0.717) is 6.04 Å². The Labute approximate surface area is 174 Å². The summed E-state index contributed by atoms with van der Waals surface area (Å²) in [4.78, 5) is 4.99. The number of aliphatic hydroxyl groups excluding tert-OH is 1. The van der Waals surface area contributed by atoms with Gasteiger partial charge in [-0.25, -0.2) is 0 Å². The molecule has 1 heterocycles. The molecule has 1 aliphatic rings. The number of nitrogens with zero attached hydrogens (tertiary/aromatic N) is 2. The molecule has 0 aliphatic carbocycles. The van der Waals surface area contributed by atoms with E-state index in [1.807, 2.05) is 6.07 Å². The number of aliphatic hydroxyl groups is 1. The fourth-order valence-electron chi connectivity index (χ4n) is 4.14. The molecule has 0 amide bonds. The lowest BCUT2D eigenvalue weighted by atomic mass is 10.0. The van der Waals surface area contributed by atoms with E-state index in [-0.39, 0.29) is 6.61 Å². The standard InChI is InChI=1S/C24H34N2O3/c1-18-5-6-19(2)21(11-18)16-25-8-9-26(22(17-25)7-10-27)15-20-12-23(28-3)14-24(13-20)29-4/h5-6,11-14,22,27H,7-10,15-17H2,1-4H3/t22-/m1/s1. The number of hydrogen-bond donors (Lipinski definition) is 1. The fourth-order valence-corrected chi connectivity index (χ4v) is 4.14. The maximum atomic E-state index is 9.64. The first kappa shape index (κ1) is 21.6. The number of benzene rings is 2. The van der Waals surface area contributed by atoms with E-state index >= 15 is 0 Å². The Morgan fingerprint density at radius 1 is 0.966 bits per heavy atom. The van der Waals surface area contributed by atoms with Crippen LogP contribution in [0.4, 0.5) is 0 Å². The van der Waals surface area contributed by atoms with Crippen molar-refractivity contribution >= 4 is 0 Å². The van der Waals surface area contributed by atoms with Gasteiger partial charge in [0.1, 0.15) is 11.5 Å². The number of hydrogen-bond acceptors (Lipinski definition) is 5. The van der Waals surface area contributed by atoms with Crippen molar-refractivity contribution in [3.05, 3.63) is 58.7 Å². The molecule has 1 N–H and O–H groups in total. The zero-order valence-corrected chi connectivity index (χ0v) is 18.1. The molecule has 0 saturated carbocycles. The molecule has 0 aromatic heterocycles. The lowest BCUT2D eigenvalue weighted by molar-refractivity contribution is 0.0498. The van der Waals surface area contributed by atoms with E-state index in [4.69, 9.17) is 9.47 Å². The Morgan fingerprint density at radius 3 is 2.34 bits per heavy atom. The van der Waals surface area contributed by atoms with Crippen molar-refractivity contribution in [1.29, 1.82) is 0 Å². The molecule has 158 valence electrons. The smallest absolute Gasteiger partial charge is 0.122 e. The Balaban J connectivity index is 1.70. The van der Waals surface area contributed by atoms with Gasteiger partial charge in [-0.2, -0.15) is 0 Å². The molecule has 0 bridgehead atoms. The Hall–Kier alpha value is -2.08. The van der Waals surface area contributed by atoms with Crippen LogP contribution < -0.4 is 9.47 Å². The fraction of sp³-hybridized carbons (Fsp3) is 0.500. The predicted molar refractivity (Wildman–Crippen MR) is 117 cm³/mol. The predicted octanol–water partition coefficient (Wildman–Crippen LogP) is 3.39. The van der Waals surface area contributed by atoms with Gasteiger partial charge in [0.2, 0.25) is 0 Å². The third-order valence-corrected chi connectivity index (χ3v) is 5.85. The van der Waals surface area contributed by atoms with Gasteiger partial charge >= 0.3 is 0 Å². The molecule has 0 unspecified atom stereocenters. The van der Waals surface area contributed by atoms with Crippen LogP contribution in [0.25, 0.3) is 0 Å². The number of rotatable bonds is 8. The van der Waals surface area contributed by atoms with E-state index in [1.165, 1.54) is 22.3 Å². The second-order valence-electron chi connectivity index (χ2n) is 8.02. The van der Waals surface area contributed by atoms with Crippen molar-refractivity contribution < 1.29 is 14.6 Å². The van der Waals surface area contributed by atoms with E-state index < -0.39 is 0 Å². The Kier molecular flexibility index (Phi) is 7.53. The normalized spacial score (nSPS) is 18.0. The third-order valence-electron chi connectivity index (χ3n) is 5.85. The lowest BCUT2D eigenvalue weighted by Crippen LogP contribution is -2.52. The molecule has 1 atom stereocenters. The summed E-state index contributed by atoms with van der Waals surface area (Å²) in [5.41, 5.74) is 5.23. The lowest BCUT2D eigenvalue weighted by Gasteiger charge is -2.41. The minimum atomic E-state index is 0.208. The van der Waals surface area contributed by atoms with Gasteiger partial charge in [-0.3, -0.25) is 9.80 Å². The summed E-state index contributed by atoms with van der Waals surface area (Å²) in [7, 11) is 3.36. The number of aryl methyl sites for hydroxylation is 2. The molecule has 2 aromatic rings. The maximum Gasteiger partial charge on any atom is 0.122 e. The number of ether oxygens (including phenoxy) is 2. The highest BCUT2D eigenvalue weighted by molar-refractivity contribution is 5.38. The molecule has 29 heavy (non-hydrogen) atoms. The zero-order valence-electron chi connectivity index (χ0n) is 18.1. The van der Waals surface area contributed by atoms with Gasteiger partial charge in [0.05, 0.1) is 14.2 Å². The van der Waals surface area contributed by atoms with Gasteiger partial charge in [-0.15, -0.1) is 0 Å². The molecule has 5 nitrogen and oxygen atoms in total. The average molecular weight is 399 g/mol. The van der Waals surface area contributed by atoms with Gasteiger partial charge in [0, 0.05) is 51.4 Å². The summed E-state index contributed by atoms with van der Waals surface area (Å²) in [6.45, 7) is 9.32. The van der Waals surface area contributed by atoms with Crippen molar-refractivity contribution in [3.63, 3.8) is 0 Å². The molecule has 0 spiro atoms. The highest BCUT2D eigenvalue weighted by Crippen LogP contribution is 2.26. The van der Waals surface area contributed by atoms with Gasteiger partial charge in [-0.05, 0) is 49.1 Å². The summed E-state index contributed by atoms with van der Waals surface area (Å²) >= 11 is 0. The molecule has 3 rings (SSSR count). The van der Waals surface area contributed by atoms with E-state index in [0.717, 1.165) is 50.6 Å². The summed E-state index contributed by atoms with van der Waals surface area (Å²) in [5.74, 6) is 1.62. The van der Waals surface area contributed by atoms with Gasteiger partial charge in [0.25, 0.3) is 0 Å². The highest BCUT2D eigenvalue weighted by atomic mass is 16.5. The van der Waals surface area contributed by atoms with Crippen LogP contribution in [0.15, 0.2) is 36.4 Å². The minimum Gasteiger partial charge on any atom is -0.497 e. The maximum absolute atomic E-state index is 9.64. The van der Waals surface area contributed by atoms with E-state index in [1.54, 1.807) is 14.2 Å². The zero-order chi connectivity index (χ0) is 20.8. The van der Waals surface area contributed by atoms with Crippen LogP contribution in [0.3, 0.4) is 0 Å². The first-order chi connectivity index (χ1) is 14.0. The average Bonchev–Trinajstić information content (AvgIpc) is 2.72. The van der Waals surface area contributed by atoms with Gasteiger partial charge < -0.3 is 14.6 Å². The molecule has 0 radical (unpaired) electrons. The van der Waals surface area contributed by atoms with E-state index in [9.17, 15) is 5.11 Å². The molecular weight excluding hydrogens is 364 g/mol. The molecule has 1 saturated heterocycles.